The third-order valence-corrected chi connectivity index (χ3v) is 4.81. The van der Waals surface area contributed by atoms with Crippen LogP contribution >= 0.6 is 11.3 Å². The fraction of sp³-hybridized carbons (Fsp3) is 0.294. The van der Waals surface area contributed by atoms with Crippen LogP contribution in [0, 0.1) is 0 Å². The number of hydrogen-bond donors (Lipinski definition) is 1. The number of anilines is 1. The molecule has 0 aliphatic carbocycles. The van der Waals surface area contributed by atoms with E-state index in [4.69, 9.17) is 4.74 Å². The van der Waals surface area contributed by atoms with E-state index in [0.717, 1.165) is 15.6 Å². The van der Waals surface area contributed by atoms with Crippen LogP contribution in [0.2, 0.25) is 0 Å². The summed E-state index contributed by atoms with van der Waals surface area (Å²) in [6.45, 7) is 4.47. The first-order valence-corrected chi connectivity index (χ1v) is 8.27. The molecule has 23 heavy (non-hydrogen) atoms. The van der Waals surface area contributed by atoms with E-state index < -0.39 is 0 Å². The number of ether oxygens (including phenoxy) is 1. The van der Waals surface area contributed by atoms with Gasteiger partial charge in [0.1, 0.15) is 5.82 Å². The van der Waals surface area contributed by atoms with E-state index in [-0.39, 0.29) is 11.9 Å². The highest BCUT2D eigenvalue weighted by Crippen LogP contribution is 2.32. The Morgan fingerprint density at radius 2 is 2.13 bits per heavy atom. The molecule has 5 nitrogen and oxygen atoms in total. The van der Waals surface area contributed by atoms with E-state index in [0.29, 0.717) is 17.3 Å². The Labute approximate surface area is 138 Å². The molecule has 0 saturated carbocycles. The highest BCUT2D eigenvalue weighted by atomic mass is 32.1. The summed E-state index contributed by atoms with van der Waals surface area (Å²) in [6.07, 6.45) is 1.69. The standard InChI is InChI=1S/C17H19N3O2S/c1-11(2)20-15(8-9-18-20)19-17(21)16-13(10-22-3)12-6-4-5-7-14(12)23-16/h4-9,11H,10H2,1-3H3,(H,19,21). The molecule has 2 heterocycles. The van der Waals surface area contributed by atoms with Gasteiger partial charge in [-0.1, -0.05) is 18.2 Å². The fourth-order valence-electron chi connectivity index (χ4n) is 2.57. The summed E-state index contributed by atoms with van der Waals surface area (Å²) in [5, 5.41) is 8.28. The van der Waals surface area contributed by atoms with Crippen molar-refractivity contribution in [2.45, 2.75) is 26.5 Å². The van der Waals surface area contributed by atoms with Gasteiger partial charge in [0.15, 0.2) is 0 Å². The molecule has 0 fully saturated rings. The zero-order valence-corrected chi connectivity index (χ0v) is 14.2. The third-order valence-electron chi connectivity index (χ3n) is 3.59. The van der Waals surface area contributed by atoms with Gasteiger partial charge in [0.25, 0.3) is 5.91 Å². The molecule has 0 saturated heterocycles. The van der Waals surface area contributed by atoms with Crippen molar-refractivity contribution in [2.75, 3.05) is 12.4 Å². The number of methoxy groups -OCH3 is 1. The number of nitrogens with one attached hydrogen (secondary N) is 1. The van der Waals surface area contributed by atoms with Crippen LogP contribution in [0.4, 0.5) is 5.82 Å². The van der Waals surface area contributed by atoms with E-state index in [9.17, 15) is 4.79 Å². The minimum absolute atomic E-state index is 0.124. The van der Waals surface area contributed by atoms with Gasteiger partial charge in [-0.25, -0.2) is 4.68 Å². The lowest BCUT2D eigenvalue weighted by molar-refractivity contribution is 0.102. The Kier molecular flexibility index (Phi) is 4.45. The van der Waals surface area contributed by atoms with Crippen LogP contribution in [0.1, 0.15) is 35.1 Å². The van der Waals surface area contributed by atoms with E-state index in [1.54, 1.807) is 24.1 Å². The second-order valence-corrected chi connectivity index (χ2v) is 6.60. The number of aromatic nitrogens is 2. The Morgan fingerprint density at radius 3 is 2.87 bits per heavy atom. The smallest absolute Gasteiger partial charge is 0.267 e. The average Bonchev–Trinajstić information content (AvgIpc) is 3.13. The van der Waals surface area contributed by atoms with Gasteiger partial charge < -0.3 is 10.1 Å². The maximum absolute atomic E-state index is 12.8. The molecule has 120 valence electrons. The van der Waals surface area contributed by atoms with Gasteiger partial charge >= 0.3 is 0 Å². The number of fused-ring (bicyclic) bond motifs is 1. The summed E-state index contributed by atoms with van der Waals surface area (Å²) in [4.78, 5) is 13.4. The van der Waals surface area contributed by atoms with E-state index in [1.165, 1.54) is 11.3 Å². The summed E-state index contributed by atoms with van der Waals surface area (Å²) in [5.41, 5.74) is 0.932. The lowest BCUT2D eigenvalue weighted by atomic mass is 10.1. The van der Waals surface area contributed by atoms with Crippen LogP contribution in [-0.2, 0) is 11.3 Å². The van der Waals surface area contributed by atoms with Gasteiger partial charge in [-0.05, 0) is 25.3 Å². The normalized spacial score (nSPS) is 11.3. The van der Waals surface area contributed by atoms with Crippen LogP contribution < -0.4 is 5.32 Å². The zero-order valence-electron chi connectivity index (χ0n) is 13.4. The maximum Gasteiger partial charge on any atom is 0.267 e. The van der Waals surface area contributed by atoms with Gasteiger partial charge in [0.2, 0.25) is 0 Å². The van der Waals surface area contributed by atoms with Gasteiger partial charge in [-0.2, -0.15) is 5.10 Å². The summed E-state index contributed by atoms with van der Waals surface area (Å²) in [6, 6.07) is 9.99. The molecule has 0 spiro atoms. The predicted octanol–water partition coefficient (Wildman–Crippen LogP) is 4.08. The van der Waals surface area contributed by atoms with E-state index in [2.05, 4.69) is 10.4 Å². The Balaban J connectivity index is 1.97. The number of nitrogens with zero attached hydrogens (tertiary/aromatic N) is 2. The molecule has 0 bridgehead atoms. The second-order valence-electron chi connectivity index (χ2n) is 5.55. The first-order chi connectivity index (χ1) is 11.1. The highest BCUT2D eigenvalue weighted by Gasteiger charge is 2.19. The van der Waals surface area contributed by atoms with Gasteiger partial charge in [0.05, 0.1) is 17.7 Å². The molecule has 0 unspecified atom stereocenters. The monoisotopic (exact) mass is 329 g/mol. The molecule has 2 aromatic heterocycles. The number of rotatable bonds is 5. The molecule has 0 atom stereocenters. The number of benzene rings is 1. The van der Waals surface area contributed by atoms with Crippen molar-refractivity contribution in [3.8, 4) is 0 Å². The highest BCUT2D eigenvalue weighted by molar-refractivity contribution is 7.21. The summed E-state index contributed by atoms with van der Waals surface area (Å²) in [5.74, 6) is 0.575. The minimum atomic E-state index is -0.124. The van der Waals surface area contributed by atoms with Crippen molar-refractivity contribution in [3.63, 3.8) is 0 Å². The molecule has 3 aromatic rings. The number of thiophene rings is 1. The SMILES string of the molecule is COCc1c(C(=O)Nc2ccnn2C(C)C)sc2ccccc12. The van der Waals surface area contributed by atoms with Crippen molar-refractivity contribution in [2.24, 2.45) is 0 Å². The number of carbonyl (C=O) groups is 1. The summed E-state index contributed by atoms with van der Waals surface area (Å²) in [7, 11) is 1.64. The molecular formula is C17H19N3O2S. The van der Waals surface area contributed by atoms with Crippen LogP contribution in [-0.4, -0.2) is 22.8 Å². The third kappa shape index (κ3) is 3.00. The number of hydrogen-bond acceptors (Lipinski definition) is 4. The molecule has 1 aromatic carbocycles. The summed E-state index contributed by atoms with van der Waals surface area (Å²) >= 11 is 1.49. The minimum Gasteiger partial charge on any atom is -0.380 e. The Hall–Kier alpha value is -2.18. The average molecular weight is 329 g/mol. The topological polar surface area (TPSA) is 56.1 Å². The van der Waals surface area contributed by atoms with Gasteiger partial charge in [-0.15, -0.1) is 11.3 Å². The molecule has 1 amide bonds. The first kappa shape index (κ1) is 15.7. The molecular weight excluding hydrogens is 310 g/mol. The van der Waals surface area contributed by atoms with E-state index >= 15 is 0 Å². The van der Waals surface area contributed by atoms with Crippen molar-refractivity contribution in [1.29, 1.82) is 0 Å². The lowest BCUT2D eigenvalue weighted by Crippen LogP contribution is -2.17. The Bertz CT molecular complexity index is 835. The van der Waals surface area contributed by atoms with Crippen LogP contribution in [0.3, 0.4) is 0 Å². The predicted molar refractivity (Wildman–Crippen MR) is 93.1 cm³/mol. The van der Waals surface area contributed by atoms with Gasteiger partial charge in [-0.3, -0.25) is 4.79 Å². The second kappa shape index (κ2) is 6.52. The molecule has 0 aliphatic heterocycles. The molecule has 3 rings (SSSR count). The zero-order chi connectivity index (χ0) is 16.4. The molecule has 0 radical (unpaired) electrons. The molecule has 6 heteroatoms. The van der Waals surface area contributed by atoms with E-state index in [1.807, 2.05) is 38.1 Å². The number of carbonyl (C=O) groups excluding carboxylic acids is 1. The molecule has 0 aliphatic rings. The quantitative estimate of drug-likeness (QED) is 0.767. The molecule has 1 N–H and O–H groups in total. The van der Waals surface area contributed by atoms with Crippen LogP contribution in [0.15, 0.2) is 36.5 Å². The maximum atomic E-state index is 12.8. The largest absolute Gasteiger partial charge is 0.380 e. The van der Waals surface area contributed by atoms with Crippen LogP contribution in [0.5, 0.6) is 0 Å². The first-order valence-electron chi connectivity index (χ1n) is 7.46. The lowest BCUT2D eigenvalue weighted by Gasteiger charge is -2.11. The van der Waals surface area contributed by atoms with Crippen molar-refractivity contribution >= 4 is 33.1 Å². The van der Waals surface area contributed by atoms with Crippen molar-refractivity contribution in [3.05, 3.63) is 47.0 Å². The number of amides is 1. The summed E-state index contributed by atoms with van der Waals surface area (Å²) < 4.78 is 8.17. The van der Waals surface area contributed by atoms with Crippen molar-refractivity contribution in [1.82, 2.24) is 9.78 Å². The van der Waals surface area contributed by atoms with Crippen LogP contribution in [0.25, 0.3) is 10.1 Å². The Morgan fingerprint density at radius 1 is 1.35 bits per heavy atom. The van der Waals surface area contributed by atoms with Crippen molar-refractivity contribution < 1.29 is 9.53 Å². The van der Waals surface area contributed by atoms with Gasteiger partial charge in [0, 0.05) is 29.5 Å². The fourth-order valence-corrected chi connectivity index (χ4v) is 3.67.